The maximum atomic E-state index is 13.5. The van der Waals surface area contributed by atoms with E-state index in [1.54, 1.807) is 6.92 Å². The molecule has 0 aliphatic carbocycles. The lowest BCUT2D eigenvalue weighted by Crippen LogP contribution is -2.20. The van der Waals surface area contributed by atoms with Crippen LogP contribution < -0.4 is 0 Å². The second-order valence-corrected chi connectivity index (χ2v) is 6.08. The Morgan fingerprint density at radius 3 is 2.45 bits per heavy atom. The molecule has 0 radical (unpaired) electrons. The third-order valence-electron chi connectivity index (χ3n) is 3.14. The minimum Gasteiger partial charge on any atom is -0.326 e. The average Bonchev–Trinajstić information content (AvgIpc) is 2.68. The van der Waals surface area contributed by atoms with Crippen LogP contribution in [-0.2, 0) is 12.0 Å². The maximum Gasteiger partial charge on any atom is 0.161 e. The number of aromatic nitrogens is 2. The second kappa shape index (κ2) is 4.86. The zero-order valence-corrected chi connectivity index (χ0v) is 12.0. The molecule has 5 heteroatoms. The Morgan fingerprint density at radius 1 is 1.30 bits per heavy atom. The number of halogens is 2. The highest BCUT2D eigenvalue weighted by atomic mass is 19.2. The van der Waals surface area contributed by atoms with E-state index in [4.69, 9.17) is 5.26 Å². The van der Waals surface area contributed by atoms with Gasteiger partial charge in [0.05, 0.1) is 23.0 Å². The number of hydrogen-bond donors (Lipinski definition) is 0. The molecule has 106 valence electrons. The lowest BCUT2D eigenvalue weighted by molar-refractivity contribution is 0.478. The molecular weight excluding hydrogens is 260 g/mol. The molecule has 0 amide bonds. The highest BCUT2D eigenvalue weighted by Crippen LogP contribution is 2.28. The van der Waals surface area contributed by atoms with Crippen molar-refractivity contribution in [3.8, 4) is 6.07 Å². The molecule has 0 saturated carbocycles. The number of rotatable bonds is 2. The molecule has 0 N–H and O–H groups in total. The fraction of sp³-hybridized carbons (Fsp3) is 0.467. The van der Waals surface area contributed by atoms with Crippen LogP contribution in [0.25, 0.3) is 11.0 Å². The summed E-state index contributed by atoms with van der Waals surface area (Å²) < 4.78 is 28.6. The maximum absolute atomic E-state index is 13.5. The highest BCUT2D eigenvalue weighted by Gasteiger charge is 2.24. The van der Waals surface area contributed by atoms with Gasteiger partial charge in [-0.3, -0.25) is 0 Å². The van der Waals surface area contributed by atoms with Crippen LogP contribution in [-0.4, -0.2) is 9.55 Å². The summed E-state index contributed by atoms with van der Waals surface area (Å²) in [7, 11) is 0. The van der Waals surface area contributed by atoms with Gasteiger partial charge in [0, 0.05) is 24.1 Å². The molecule has 1 heterocycles. The van der Waals surface area contributed by atoms with Gasteiger partial charge < -0.3 is 4.57 Å². The van der Waals surface area contributed by atoms with E-state index in [2.05, 4.69) is 11.1 Å². The van der Waals surface area contributed by atoms with Crippen molar-refractivity contribution in [3.63, 3.8) is 0 Å². The van der Waals surface area contributed by atoms with Crippen molar-refractivity contribution in [3.05, 3.63) is 29.6 Å². The monoisotopic (exact) mass is 277 g/mol. The van der Waals surface area contributed by atoms with E-state index in [1.807, 2.05) is 25.3 Å². The van der Waals surface area contributed by atoms with Crippen LogP contribution >= 0.6 is 0 Å². The van der Waals surface area contributed by atoms with E-state index in [9.17, 15) is 8.78 Å². The standard InChI is InChI=1S/C15H17F2N3/c1-9(7-18)8-20-13-6-11(17)10(16)5-12(13)19-14(20)15(2,3)4/h5-6,9H,8H2,1-4H3. The van der Waals surface area contributed by atoms with Gasteiger partial charge in [0.25, 0.3) is 0 Å². The van der Waals surface area contributed by atoms with E-state index in [0.717, 1.165) is 18.0 Å². The van der Waals surface area contributed by atoms with Crippen LogP contribution in [0.2, 0.25) is 0 Å². The molecular formula is C15H17F2N3. The Bertz CT molecular complexity index is 690. The molecule has 2 rings (SSSR count). The quantitative estimate of drug-likeness (QED) is 0.838. The first-order valence-corrected chi connectivity index (χ1v) is 6.49. The number of hydrogen-bond acceptors (Lipinski definition) is 2. The summed E-state index contributed by atoms with van der Waals surface area (Å²) >= 11 is 0. The van der Waals surface area contributed by atoms with Gasteiger partial charge >= 0.3 is 0 Å². The normalized spacial score (nSPS) is 13.4. The van der Waals surface area contributed by atoms with Gasteiger partial charge in [-0.15, -0.1) is 0 Å². The van der Waals surface area contributed by atoms with Crippen molar-refractivity contribution in [1.29, 1.82) is 5.26 Å². The van der Waals surface area contributed by atoms with Gasteiger partial charge in [-0.2, -0.15) is 5.26 Å². The predicted octanol–water partition coefficient (Wildman–Crippen LogP) is 3.77. The van der Waals surface area contributed by atoms with Crippen LogP contribution in [0.4, 0.5) is 8.78 Å². The number of imidazole rings is 1. The molecule has 1 atom stereocenters. The Morgan fingerprint density at radius 2 is 1.90 bits per heavy atom. The van der Waals surface area contributed by atoms with Crippen LogP contribution in [0, 0.1) is 28.9 Å². The zero-order chi connectivity index (χ0) is 15.1. The summed E-state index contributed by atoms with van der Waals surface area (Å²) in [5.41, 5.74) is 0.663. The Balaban J connectivity index is 2.72. The van der Waals surface area contributed by atoms with Gasteiger partial charge in [-0.25, -0.2) is 13.8 Å². The first-order valence-electron chi connectivity index (χ1n) is 6.49. The molecule has 0 bridgehead atoms. The molecule has 0 spiro atoms. The minimum atomic E-state index is -0.907. The summed E-state index contributed by atoms with van der Waals surface area (Å²) in [5.74, 6) is -1.32. The van der Waals surface area contributed by atoms with Gasteiger partial charge in [0.15, 0.2) is 11.6 Å². The van der Waals surface area contributed by atoms with Crippen molar-refractivity contribution in [2.24, 2.45) is 5.92 Å². The van der Waals surface area contributed by atoms with Crippen molar-refractivity contribution in [1.82, 2.24) is 9.55 Å². The largest absolute Gasteiger partial charge is 0.326 e. The lowest BCUT2D eigenvalue weighted by Gasteiger charge is -2.20. The topological polar surface area (TPSA) is 41.6 Å². The first kappa shape index (κ1) is 14.4. The molecule has 3 nitrogen and oxygen atoms in total. The molecule has 0 aliphatic rings. The smallest absolute Gasteiger partial charge is 0.161 e. The first-order chi connectivity index (χ1) is 9.24. The summed E-state index contributed by atoms with van der Waals surface area (Å²) in [6.45, 7) is 8.14. The molecule has 1 aromatic carbocycles. The molecule has 0 aliphatic heterocycles. The van der Waals surface area contributed by atoms with E-state index >= 15 is 0 Å². The molecule has 0 fully saturated rings. The third kappa shape index (κ3) is 2.51. The van der Waals surface area contributed by atoms with Crippen molar-refractivity contribution in [2.75, 3.05) is 0 Å². The molecule has 0 saturated heterocycles. The minimum absolute atomic E-state index is 0.235. The summed E-state index contributed by atoms with van der Waals surface area (Å²) in [5, 5.41) is 8.98. The van der Waals surface area contributed by atoms with Crippen molar-refractivity contribution < 1.29 is 8.78 Å². The SMILES string of the molecule is CC(C#N)Cn1c(C(C)(C)C)nc2cc(F)c(F)cc21. The van der Waals surface area contributed by atoms with E-state index < -0.39 is 11.6 Å². The zero-order valence-electron chi connectivity index (χ0n) is 12.0. The molecule has 2 aromatic rings. The Hall–Kier alpha value is -1.96. The van der Waals surface area contributed by atoms with Crippen LogP contribution in [0.5, 0.6) is 0 Å². The van der Waals surface area contributed by atoms with Gasteiger partial charge in [0.2, 0.25) is 0 Å². The number of nitriles is 1. The summed E-state index contributed by atoms with van der Waals surface area (Å²) in [6, 6.07) is 4.41. The van der Waals surface area contributed by atoms with E-state index in [1.165, 1.54) is 0 Å². The fourth-order valence-electron chi connectivity index (χ4n) is 2.19. The average molecular weight is 277 g/mol. The second-order valence-electron chi connectivity index (χ2n) is 6.08. The predicted molar refractivity (Wildman–Crippen MR) is 73.1 cm³/mol. The number of nitrogens with zero attached hydrogens (tertiary/aromatic N) is 3. The third-order valence-corrected chi connectivity index (χ3v) is 3.14. The molecule has 1 unspecified atom stereocenters. The summed E-state index contributed by atoms with van der Waals surface area (Å²) in [4.78, 5) is 4.42. The van der Waals surface area contributed by atoms with Crippen molar-refractivity contribution in [2.45, 2.75) is 39.7 Å². The van der Waals surface area contributed by atoms with E-state index in [0.29, 0.717) is 17.6 Å². The van der Waals surface area contributed by atoms with E-state index in [-0.39, 0.29) is 11.3 Å². The summed E-state index contributed by atoms with van der Waals surface area (Å²) in [6.07, 6.45) is 0. The Kier molecular flexibility index (Phi) is 3.51. The van der Waals surface area contributed by atoms with Crippen molar-refractivity contribution >= 4 is 11.0 Å². The highest BCUT2D eigenvalue weighted by molar-refractivity contribution is 5.76. The number of fused-ring (bicyclic) bond motifs is 1. The Labute approximate surface area is 116 Å². The number of benzene rings is 1. The van der Waals surface area contributed by atoms with Gasteiger partial charge in [0.1, 0.15) is 5.82 Å². The molecule has 1 aromatic heterocycles. The van der Waals surface area contributed by atoms with Gasteiger partial charge in [-0.1, -0.05) is 20.8 Å². The van der Waals surface area contributed by atoms with Crippen LogP contribution in [0.1, 0.15) is 33.5 Å². The van der Waals surface area contributed by atoms with Crippen LogP contribution in [0.3, 0.4) is 0 Å². The lowest BCUT2D eigenvalue weighted by atomic mass is 9.95. The fourth-order valence-corrected chi connectivity index (χ4v) is 2.19. The molecule has 20 heavy (non-hydrogen) atoms. The van der Waals surface area contributed by atoms with Gasteiger partial charge in [-0.05, 0) is 6.92 Å². The van der Waals surface area contributed by atoms with Crippen LogP contribution in [0.15, 0.2) is 12.1 Å².